The van der Waals surface area contributed by atoms with Crippen LogP contribution in [0.1, 0.15) is 44.1 Å². The van der Waals surface area contributed by atoms with Crippen molar-refractivity contribution in [1.82, 2.24) is 20.0 Å². The Hall–Kier alpha value is -1.62. The molecule has 0 saturated heterocycles. The van der Waals surface area contributed by atoms with E-state index in [9.17, 15) is 0 Å². The van der Waals surface area contributed by atoms with Crippen LogP contribution >= 0.6 is 0 Å². The maximum atomic E-state index is 5.18. The molecule has 5 nitrogen and oxygen atoms in total. The Morgan fingerprint density at radius 2 is 2.28 bits per heavy atom. The lowest BCUT2D eigenvalue weighted by molar-refractivity contribution is 0.366. The molecule has 0 radical (unpaired) electrons. The molecule has 0 spiro atoms. The zero-order chi connectivity index (χ0) is 13.0. The molecule has 0 aliphatic rings. The number of aromatic nitrogens is 3. The summed E-state index contributed by atoms with van der Waals surface area (Å²) >= 11 is 0. The summed E-state index contributed by atoms with van der Waals surface area (Å²) in [5.41, 5.74) is 1.27. The van der Waals surface area contributed by atoms with Gasteiger partial charge in [0.25, 0.3) is 0 Å². The second kappa shape index (κ2) is 5.82. The third kappa shape index (κ3) is 2.98. The minimum absolute atomic E-state index is 0.366. The highest BCUT2D eigenvalue weighted by molar-refractivity contribution is 5.15. The zero-order valence-electron chi connectivity index (χ0n) is 11.2. The molecule has 1 unspecified atom stereocenters. The van der Waals surface area contributed by atoms with Crippen LogP contribution in [0.3, 0.4) is 0 Å². The highest BCUT2D eigenvalue weighted by Crippen LogP contribution is 2.13. The number of nitrogens with one attached hydrogen (secondary N) is 1. The molecule has 1 N–H and O–H groups in total. The molecule has 0 aromatic carbocycles. The minimum atomic E-state index is 0.366. The van der Waals surface area contributed by atoms with Gasteiger partial charge < -0.3 is 14.4 Å². The average Bonchev–Trinajstić information content (AvgIpc) is 2.99. The highest BCUT2D eigenvalue weighted by atomic mass is 16.5. The van der Waals surface area contributed by atoms with Crippen molar-refractivity contribution in [2.24, 2.45) is 0 Å². The Labute approximate surface area is 107 Å². The first-order chi connectivity index (χ1) is 8.72. The fraction of sp³-hybridized carbons (Fsp3) is 0.538. The topological polar surface area (TPSA) is 55.9 Å². The fourth-order valence-electron chi connectivity index (χ4n) is 1.89. The highest BCUT2D eigenvalue weighted by Gasteiger charge is 2.08. The minimum Gasteiger partial charge on any atom is -0.345 e. The third-order valence-electron chi connectivity index (χ3n) is 2.93. The Morgan fingerprint density at radius 1 is 1.44 bits per heavy atom. The molecular weight excluding hydrogens is 228 g/mol. The molecule has 0 saturated carbocycles. The second-order valence-corrected chi connectivity index (χ2v) is 4.35. The SMILES string of the molecule is CCNC(C)c1ccn(Cc2nc(CC)no2)c1. The molecule has 2 aromatic rings. The van der Waals surface area contributed by atoms with Gasteiger partial charge in [-0.2, -0.15) is 4.98 Å². The van der Waals surface area contributed by atoms with Crippen molar-refractivity contribution in [3.05, 3.63) is 35.7 Å². The van der Waals surface area contributed by atoms with Crippen LogP contribution in [0.25, 0.3) is 0 Å². The number of nitrogens with zero attached hydrogens (tertiary/aromatic N) is 3. The van der Waals surface area contributed by atoms with Crippen LogP contribution in [-0.4, -0.2) is 21.3 Å². The molecule has 2 rings (SSSR count). The van der Waals surface area contributed by atoms with E-state index >= 15 is 0 Å². The summed E-state index contributed by atoms with van der Waals surface area (Å²) in [6, 6.07) is 2.48. The Balaban J connectivity index is 2.01. The molecule has 98 valence electrons. The smallest absolute Gasteiger partial charge is 0.246 e. The van der Waals surface area contributed by atoms with Crippen LogP contribution in [-0.2, 0) is 13.0 Å². The zero-order valence-corrected chi connectivity index (χ0v) is 11.2. The van der Waals surface area contributed by atoms with E-state index < -0.39 is 0 Å². The van der Waals surface area contributed by atoms with E-state index in [1.54, 1.807) is 0 Å². The van der Waals surface area contributed by atoms with Gasteiger partial charge in [0.05, 0.1) is 0 Å². The van der Waals surface area contributed by atoms with Crippen LogP contribution in [0.5, 0.6) is 0 Å². The predicted octanol–water partition coefficient (Wildman–Crippen LogP) is 2.15. The van der Waals surface area contributed by atoms with Gasteiger partial charge in [-0.1, -0.05) is 19.0 Å². The van der Waals surface area contributed by atoms with Crippen molar-refractivity contribution < 1.29 is 4.52 Å². The van der Waals surface area contributed by atoms with Crippen molar-refractivity contribution in [2.45, 2.75) is 39.8 Å². The standard InChI is InChI=1S/C13H20N4O/c1-4-12-15-13(18-16-12)9-17-7-6-11(8-17)10(3)14-5-2/h6-8,10,14H,4-5,9H2,1-3H3. The molecule has 5 heteroatoms. The summed E-state index contributed by atoms with van der Waals surface area (Å²) in [4.78, 5) is 4.30. The van der Waals surface area contributed by atoms with E-state index in [0.717, 1.165) is 18.8 Å². The second-order valence-electron chi connectivity index (χ2n) is 4.35. The van der Waals surface area contributed by atoms with Crippen molar-refractivity contribution in [3.63, 3.8) is 0 Å². The number of rotatable bonds is 6. The molecule has 2 aromatic heterocycles. The molecular formula is C13H20N4O. The van der Waals surface area contributed by atoms with Crippen LogP contribution in [0.15, 0.2) is 23.0 Å². The molecule has 2 heterocycles. The van der Waals surface area contributed by atoms with Gasteiger partial charge in [0, 0.05) is 24.9 Å². The maximum absolute atomic E-state index is 5.18. The first kappa shape index (κ1) is 12.8. The molecule has 0 aliphatic heterocycles. The van der Waals surface area contributed by atoms with Gasteiger partial charge in [-0.05, 0) is 25.1 Å². The summed E-state index contributed by atoms with van der Waals surface area (Å²) in [5, 5.41) is 7.28. The van der Waals surface area contributed by atoms with Crippen molar-refractivity contribution in [3.8, 4) is 0 Å². The summed E-state index contributed by atoms with van der Waals surface area (Å²) < 4.78 is 7.24. The van der Waals surface area contributed by atoms with E-state index in [-0.39, 0.29) is 0 Å². The van der Waals surface area contributed by atoms with Crippen LogP contribution < -0.4 is 5.32 Å². The summed E-state index contributed by atoms with van der Waals surface area (Å²) in [5.74, 6) is 1.42. The summed E-state index contributed by atoms with van der Waals surface area (Å²) in [6.45, 7) is 7.88. The molecule has 0 amide bonds. The van der Waals surface area contributed by atoms with Gasteiger partial charge in [-0.25, -0.2) is 0 Å². The number of aryl methyl sites for hydroxylation is 1. The lowest BCUT2D eigenvalue weighted by Gasteiger charge is -2.09. The maximum Gasteiger partial charge on any atom is 0.246 e. The van der Waals surface area contributed by atoms with Crippen LogP contribution in [0.4, 0.5) is 0 Å². The van der Waals surface area contributed by atoms with E-state index in [4.69, 9.17) is 4.52 Å². The van der Waals surface area contributed by atoms with E-state index in [0.29, 0.717) is 18.5 Å². The first-order valence-corrected chi connectivity index (χ1v) is 6.43. The predicted molar refractivity (Wildman–Crippen MR) is 69.3 cm³/mol. The lowest BCUT2D eigenvalue weighted by Crippen LogP contribution is -2.17. The fourth-order valence-corrected chi connectivity index (χ4v) is 1.89. The van der Waals surface area contributed by atoms with Gasteiger partial charge in [0.1, 0.15) is 6.54 Å². The van der Waals surface area contributed by atoms with E-state index in [1.165, 1.54) is 5.56 Å². The van der Waals surface area contributed by atoms with Crippen molar-refractivity contribution in [2.75, 3.05) is 6.54 Å². The Bertz CT molecular complexity index is 489. The van der Waals surface area contributed by atoms with E-state index in [1.807, 2.05) is 13.1 Å². The quantitative estimate of drug-likeness (QED) is 0.851. The summed E-state index contributed by atoms with van der Waals surface area (Å²) in [6.07, 6.45) is 4.96. The molecule has 0 fully saturated rings. The Kier molecular flexibility index (Phi) is 4.15. The van der Waals surface area contributed by atoms with Gasteiger partial charge in [0.15, 0.2) is 5.82 Å². The van der Waals surface area contributed by atoms with Gasteiger partial charge in [-0.3, -0.25) is 0 Å². The average molecular weight is 248 g/mol. The molecule has 1 atom stereocenters. The lowest BCUT2D eigenvalue weighted by atomic mass is 10.2. The molecule has 0 aliphatic carbocycles. The Morgan fingerprint density at radius 3 is 2.94 bits per heavy atom. The first-order valence-electron chi connectivity index (χ1n) is 6.43. The number of hydrogen-bond donors (Lipinski definition) is 1. The van der Waals surface area contributed by atoms with E-state index in [2.05, 4.69) is 46.1 Å². The van der Waals surface area contributed by atoms with Gasteiger partial charge in [0.2, 0.25) is 5.89 Å². The van der Waals surface area contributed by atoms with Crippen LogP contribution in [0, 0.1) is 0 Å². The van der Waals surface area contributed by atoms with Crippen molar-refractivity contribution >= 4 is 0 Å². The number of hydrogen-bond acceptors (Lipinski definition) is 4. The summed E-state index contributed by atoms with van der Waals surface area (Å²) in [7, 11) is 0. The van der Waals surface area contributed by atoms with Gasteiger partial charge >= 0.3 is 0 Å². The normalized spacial score (nSPS) is 12.8. The molecule has 18 heavy (non-hydrogen) atoms. The molecule has 0 bridgehead atoms. The van der Waals surface area contributed by atoms with Crippen LogP contribution in [0.2, 0.25) is 0 Å². The van der Waals surface area contributed by atoms with Crippen molar-refractivity contribution in [1.29, 1.82) is 0 Å². The van der Waals surface area contributed by atoms with Gasteiger partial charge in [-0.15, -0.1) is 0 Å². The largest absolute Gasteiger partial charge is 0.345 e. The third-order valence-corrected chi connectivity index (χ3v) is 2.93. The monoisotopic (exact) mass is 248 g/mol.